The Balaban J connectivity index is 3.86. The number of rotatable bonds is 3. The Morgan fingerprint density at radius 1 is 1.12 bits per heavy atom. The van der Waals surface area contributed by atoms with Gasteiger partial charge in [0.05, 0.1) is 16.8 Å². The minimum absolute atomic E-state index is 0.546. The van der Waals surface area contributed by atoms with Crippen molar-refractivity contribution < 1.29 is 32.8 Å². The van der Waals surface area contributed by atoms with Gasteiger partial charge in [-0.1, -0.05) is 0 Å². The predicted molar refractivity (Wildman–Crippen MR) is 54.6 cm³/mol. The van der Waals surface area contributed by atoms with Crippen molar-refractivity contribution in [1.29, 1.82) is 0 Å². The molecule has 92 valence electrons. The molecule has 0 fully saturated rings. The summed E-state index contributed by atoms with van der Waals surface area (Å²) in [4.78, 5) is 20.5. The summed E-state index contributed by atoms with van der Waals surface area (Å²) >= 11 is 0. The van der Waals surface area contributed by atoms with Crippen LogP contribution in [0.2, 0.25) is 0 Å². The molecule has 0 aliphatic carbocycles. The molecule has 5 N–H and O–H groups in total. The van der Waals surface area contributed by atoms with E-state index >= 15 is 0 Å². The maximum absolute atomic E-state index is 11.0. The first-order valence-electron chi connectivity index (χ1n) is 4.02. The monoisotopic (exact) mass is 261 g/mol. The number of anilines is 1. The van der Waals surface area contributed by atoms with Gasteiger partial charge in [-0.15, -0.1) is 0 Å². The highest BCUT2D eigenvalue weighted by molar-refractivity contribution is 7.86. The van der Waals surface area contributed by atoms with Crippen LogP contribution in [0.3, 0.4) is 0 Å². The number of hydrogen-bond donors (Lipinski definition) is 4. The molecular weight excluding hydrogens is 254 g/mol. The summed E-state index contributed by atoms with van der Waals surface area (Å²) < 4.78 is 30.8. The van der Waals surface area contributed by atoms with E-state index in [0.29, 0.717) is 0 Å². The van der Waals surface area contributed by atoms with Gasteiger partial charge in [0.1, 0.15) is 4.90 Å². The smallest absolute Gasteiger partial charge is 0.338 e. The normalized spacial score (nSPS) is 11.1. The van der Waals surface area contributed by atoms with Crippen molar-refractivity contribution in [3.8, 4) is 0 Å². The number of benzene rings is 1. The maximum Gasteiger partial charge on any atom is 0.338 e. The number of nitrogens with two attached hydrogens (primary N) is 1. The summed E-state index contributed by atoms with van der Waals surface area (Å²) in [7, 11) is -4.93. The SMILES string of the molecule is Nc1ccc(C(=O)O)c(C(=O)O)c1S(=O)(=O)O. The first-order valence-corrected chi connectivity index (χ1v) is 5.46. The Morgan fingerprint density at radius 3 is 2.00 bits per heavy atom. The number of nitrogen functional groups attached to an aromatic ring is 1. The lowest BCUT2D eigenvalue weighted by Gasteiger charge is -2.09. The second-order valence-corrected chi connectivity index (χ2v) is 4.35. The highest BCUT2D eigenvalue weighted by Crippen LogP contribution is 2.26. The average Bonchev–Trinajstić information content (AvgIpc) is 2.14. The highest BCUT2D eigenvalue weighted by Gasteiger charge is 2.28. The van der Waals surface area contributed by atoms with Gasteiger partial charge in [-0.25, -0.2) is 9.59 Å². The van der Waals surface area contributed by atoms with Gasteiger partial charge in [0.25, 0.3) is 10.1 Å². The summed E-state index contributed by atoms with van der Waals surface area (Å²) in [6, 6.07) is 1.73. The van der Waals surface area contributed by atoms with Crippen molar-refractivity contribution in [2.24, 2.45) is 0 Å². The topological polar surface area (TPSA) is 155 Å². The minimum Gasteiger partial charge on any atom is -0.478 e. The van der Waals surface area contributed by atoms with Crippen molar-refractivity contribution >= 4 is 27.7 Å². The molecule has 1 rings (SSSR count). The third-order valence-electron chi connectivity index (χ3n) is 1.89. The highest BCUT2D eigenvalue weighted by atomic mass is 32.2. The fraction of sp³-hybridized carbons (Fsp3) is 0. The zero-order chi connectivity index (χ0) is 13.4. The molecule has 0 heterocycles. The zero-order valence-corrected chi connectivity index (χ0v) is 8.93. The summed E-state index contributed by atoms with van der Waals surface area (Å²) in [5.41, 5.74) is 2.82. The molecule has 0 unspecified atom stereocenters. The van der Waals surface area contributed by atoms with Crippen LogP contribution in [0.1, 0.15) is 20.7 Å². The molecule has 0 aliphatic rings. The van der Waals surface area contributed by atoms with Crippen LogP contribution in [0.15, 0.2) is 17.0 Å². The Kier molecular flexibility index (Phi) is 3.07. The van der Waals surface area contributed by atoms with Crippen molar-refractivity contribution in [3.05, 3.63) is 23.3 Å². The second-order valence-electron chi connectivity index (χ2n) is 2.99. The van der Waals surface area contributed by atoms with E-state index in [4.69, 9.17) is 20.5 Å². The molecule has 0 atom stereocenters. The number of carboxylic acid groups (broad SMARTS) is 2. The molecular formula is C8H7NO7S. The molecule has 8 nitrogen and oxygen atoms in total. The van der Waals surface area contributed by atoms with E-state index in [-0.39, 0.29) is 0 Å². The van der Waals surface area contributed by atoms with Crippen LogP contribution in [0, 0.1) is 0 Å². The largest absolute Gasteiger partial charge is 0.478 e. The van der Waals surface area contributed by atoms with E-state index in [0.717, 1.165) is 12.1 Å². The molecule has 0 saturated heterocycles. The quantitative estimate of drug-likeness (QED) is 0.434. The van der Waals surface area contributed by atoms with Gasteiger partial charge in [-0.05, 0) is 12.1 Å². The lowest BCUT2D eigenvalue weighted by atomic mass is 10.1. The van der Waals surface area contributed by atoms with E-state index in [1.54, 1.807) is 0 Å². The first-order chi connectivity index (χ1) is 7.66. The van der Waals surface area contributed by atoms with Crippen LogP contribution in [0.5, 0.6) is 0 Å². The fourth-order valence-corrected chi connectivity index (χ4v) is 2.09. The number of aromatic carboxylic acids is 2. The number of hydrogen-bond acceptors (Lipinski definition) is 5. The molecule has 0 saturated carbocycles. The van der Waals surface area contributed by atoms with Gasteiger partial charge in [-0.3, -0.25) is 4.55 Å². The van der Waals surface area contributed by atoms with Gasteiger partial charge in [0.15, 0.2) is 0 Å². The van der Waals surface area contributed by atoms with Crippen LogP contribution >= 0.6 is 0 Å². The zero-order valence-electron chi connectivity index (χ0n) is 8.11. The Morgan fingerprint density at radius 2 is 1.65 bits per heavy atom. The Bertz CT molecular complexity index is 605. The van der Waals surface area contributed by atoms with E-state index in [9.17, 15) is 18.0 Å². The van der Waals surface area contributed by atoms with Crippen LogP contribution < -0.4 is 5.73 Å². The third kappa shape index (κ3) is 2.34. The minimum atomic E-state index is -4.93. The number of carboxylic acids is 2. The van der Waals surface area contributed by atoms with E-state index in [1.807, 2.05) is 0 Å². The van der Waals surface area contributed by atoms with Crippen molar-refractivity contribution in [3.63, 3.8) is 0 Å². The second kappa shape index (κ2) is 4.03. The standard InChI is InChI=1S/C8H7NO7S/c9-4-2-1-3(7(10)11)5(8(12)13)6(4)17(14,15)16/h1-2H,9H2,(H,10,11)(H,12,13)(H,14,15,16). The summed E-state index contributed by atoms with van der Waals surface area (Å²) in [6.07, 6.45) is 0. The van der Waals surface area contributed by atoms with Gasteiger partial charge < -0.3 is 15.9 Å². The van der Waals surface area contributed by atoms with Gasteiger partial charge in [0, 0.05) is 0 Å². The summed E-state index contributed by atoms with van der Waals surface area (Å²) in [5.74, 6) is -3.46. The molecule has 9 heteroatoms. The van der Waals surface area contributed by atoms with E-state index < -0.39 is 43.8 Å². The fourth-order valence-electron chi connectivity index (χ4n) is 1.27. The van der Waals surface area contributed by atoms with E-state index in [1.165, 1.54) is 0 Å². The van der Waals surface area contributed by atoms with Gasteiger partial charge in [-0.2, -0.15) is 8.42 Å². The molecule has 0 amide bonds. The Labute approximate surface area is 95.0 Å². The summed E-state index contributed by atoms with van der Waals surface area (Å²) in [6.45, 7) is 0. The predicted octanol–water partition coefficient (Wildman–Crippen LogP) is -0.0881. The third-order valence-corrected chi connectivity index (χ3v) is 2.85. The van der Waals surface area contributed by atoms with Crippen LogP contribution in [0.25, 0.3) is 0 Å². The first kappa shape index (κ1) is 12.9. The molecule has 0 aliphatic heterocycles. The Hall–Kier alpha value is -2.13. The van der Waals surface area contributed by atoms with Gasteiger partial charge in [0.2, 0.25) is 0 Å². The molecule has 17 heavy (non-hydrogen) atoms. The molecule has 0 spiro atoms. The van der Waals surface area contributed by atoms with E-state index in [2.05, 4.69) is 0 Å². The van der Waals surface area contributed by atoms with Crippen molar-refractivity contribution in [1.82, 2.24) is 0 Å². The van der Waals surface area contributed by atoms with Crippen LogP contribution in [-0.4, -0.2) is 35.1 Å². The lowest BCUT2D eigenvalue weighted by molar-refractivity contribution is 0.0648. The molecule has 1 aromatic rings. The lowest BCUT2D eigenvalue weighted by Crippen LogP contribution is -2.16. The van der Waals surface area contributed by atoms with Crippen LogP contribution in [-0.2, 0) is 10.1 Å². The van der Waals surface area contributed by atoms with Crippen molar-refractivity contribution in [2.45, 2.75) is 4.90 Å². The maximum atomic E-state index is 11.0. The summed E-state index contributed by atoms with van der Waals surface area (Å²) in [5, 5.41) is 17.5. The molecule has 0 bridgehead atoms. The van der Waals surface area contributed by atoms with Gasteiger partial charge >= 0.3 is 11.9 Å². The number of carbonyl (C=O) groups is 2. The van der Waals surface area contributed by atoms with Crippen LogP contribution in [0.4, 0.5) is 5.69 Å². The molecule has 1 aromatic carbocycles. The average molecular weight is 261 g/mol. The van der Waals surface area contributed by atoms with Crippen molar-refractivity contribution in [2.75, 3.05) is 5.73 Å². The molecule has 0 aromatic heterocycles. The molecule has 0 radical (unpaired) electrons.